The van der Waals surface area contributed by atoms with E-state index in [4.69, 9.17) is 11.0 Å². The molecule has 1 aromatic rings. The van der Waals surface area contributed by atoms with Crippen molar-refractivity contribution in [2.75, 3.05) is 0 Å². The van der Waals surface area contributed by atoms with Gasteiger partial charge in [-0.05, 0) is 12.5 Å². The molecule has 0 radical (unpaired) electrons. The molecule has 15 heavy (non-hydrogen) atoms. The average molecular weight is 211 g/mol. The van der Waals surface area contributed by atoms with E-state index in [2.05, 4.69) is 4.98 Å². The van der Waals surface area contributed by atoms with Crippen molar-refractivity contribution in [3.63, 3.8) is 0 Å². The van der Waals surface area contributed by atoms with Gasteiger partial charge in [0.1, 0.15) is 11.8 Å². The molecule has 0 unspecified atom stereocenters. The number of carbonyl (C=O) groups is 1. The first kappa shape index (κ1) is 11.0. The van der Waals surface area contributed by atoms with Gasteiger partial charge in [0.05, 0.1) is 11.1 Å². The summed E-state index contributed by atoms with van der Waals surface area (Å²) in [4.78, 5) is 14.3. The van der Waals surface area contributed by atoms with Crippen LogP contribution in [0.25, 0.3) is 0 Å². The van der Waals surface area contributed by atoms with E-state index in [9.17, 15) is 13.6 Å². The third-order valence-electron chi connectivity index (χ3n) is 1.95. The summed E-state index contributed by atoms with van der Waals surface area (Å²) >= 11 is 0. The zero-order valence-electron chi connectivity index (χ0n) is 7.79. The fourth-order valence-electron chi connectivity index (χ4n) is 1.18. The summed E-state index contributed by atoms with van der Waals surface area (Å²) in [6.45, 7) is 1.31. The molecule has 1 aromatic heterocycles. The van der Waals surface area contributed by atoms with Crippen LogP contribution in [-0.4, -0.2) is 10.9 Å². The predicted octanol–water partition coefficient (Wildman–Crippen LogP) is 1.30. The van der Waals surface area contributed by atoms with Crippen molar-refractivity contribution in [3.05, 3.63) is 28.6 Å². The molecule has 0 aliphatic rings. The Morgan fingerprint density at radius 1 is 1.67 bits per heavy atom. The van der Waals surface area contributed by atoms with Gasteiger partial charge in [0.25, 0.3) is 12.3 Å². The predicted molar refractivity (Wildman–Crippen MR) is 47.2 cm³/mol. The summed E-state index contributed by atoms with van der Waals surface area (Å²) in [5, 5.41) is 8.72. The summed E-state index contributed by atoms with van der Waals surface area (Å²) in [5.41, 5.74) is 4.17. The van der Waals surface area contributed by atoms with Crippen LogP contribution >= 0.6 is 0 Å². The standard InChI is InChI=1S/C9H7F2N3O/c1-4-5(2-12)6(9(13)15)3-14-7(4)8(10)11/h3,8H,1H3,(H2,13,15). The lowest BCUT2D eigenvalue weighted by atomic mass is 10.0. The molecule has 4 nitrogen and oxygen atoms in total. The number of alkyl halides is 2. The Bertz CT molecular complexity index is 451. The van der Waals surface area contributed by atoms with Gasteiger partial charge in [-0.2, -0.15) is 5.26 Å². The number of carbonyl (C=O) groups excluding carboxylic acids is 1. The molecule has 0 aromatic carbocycles. The molecule has 0 fully saturated rings. The highest BCUT2D eigenvalue weighted by atomic mass is 19.3. The minimum atomic E-state index is -2.78. The van der Waals surface area contributed by atoms with Gasteiger partial charge in [-0.1, -0.05) is 0 Å². The number of aromatic nitrogens is 1. The summed E-state index contributed by atoms with van der Waals surface area (Å²) < 4.78 is 24.8. The van der Waals surface area contributed by atoms with Crippen LogP contribution in [0, 0.1) is 18.3 Å². The number of pyridine rings is 1. The summed E-state index contributed by atoms with van der Waals surface area (Å²) in [5.74, 6) is -0.858. The van der Waals surface area contributed by atoms with Crippen LogP contribution < -0.4 is 5.73 Å². The molecule has 1 heterocycles. The van der Waals surface area contributed by atoms with Crippen molar-refractivity contribution < 1.29 is 13.6 Å². The van der Waals surface area contributed by atoms with Crippen LogP contribution in [0.1, 0.15) is 33.6 Å². The molecular formula is C9H7F2N3O. The van der Waals surface area contributed by atoms with Crippen LogP contribution in [0.4, 0.5) is 8.78 Å². The average Bonchev–Trinajstić information content (AvgIpc) is 2.16. The van der Waals surface area contributed by atoms with E-state index in [1.807, 2.05) is 0 Å². The number of primary amides is 1. The maximum absolute atomic E-state index is 12.4. The van der Waals surface area contributed by atoms with Crippen molar-refractivity contribution in [2.45, 2.75) is 13.3 Å². The molecule has 6 heteroatoms. The largest absolute Gasteiger partial charge is 0.366 e. The maximum atomic E-state index is 12.4. The molecule has 0 saturated heterocycles. The first-order chi connectivity index (χ1) is 6.99. The van der Waals surface area contributed by atoms with E-state index in [-0.39, 0.29) is 16.7 Å². The Labute approximate surface area is 84.3 Å². The van der Waals surface area contributed by atoms with Crippen LogP contribution in [0.15, 0.2) is 6.20 Å². The highest BCUT2D eigenvalue weighted by Crippen LogP contribution is 2.23. The van der Waals surface area contributed by atoms with Gasteiger partial charge in [0, 0.05) is 6.20 Å². The lowest BCUT2D eigenvalue weighted by Crippen LogP contribution is -2.15. The number of hydrogen-bond donors (Lipinski definition) is 1. The smallest absolute Gasteiger partial charge is 0.280 e. The molecule has 0 aliphatic heterocycles. The van der Waals surface area contributed by atoms with Gasteiger partial charge in [-0.25, -0.2) is 8.78 Å². The van der Waals surface area contributed by atoms with E-state index in [0.29, 0.717) is 0 Å². The minimum Gasteiger partial charge on any atom is -0.366 e. The van der Waals surface area contributed by atoms with E-state index >= 15 is 0 Å². The molecule has 1 rings (SSSR count). The number of nitrogens with zero attached hydrogens (tertiary/aromatic N) is 2. The number of halogens is 2. The zero-order chi connectivity index (χ0) is 11.6. The molecule has 0 spiro atoms. The third kappa shape index (κ3) is 1.91. The second-order valence-electron chi connectivity index (χ2n) is 2.83. The van der Waals surface area contributed by atoms with Crippen LogP contribution in [0.2, 0.25) is 0 Å². The third-order valence-corrected chi connectivity index (χ3v) is 1.95. The van der Waals surface area contributed by atoms with Crippen molar-refractivity contribution >= 4 is 5.91 Å². The molecule has 0 saturated carbocycles. The van der Waals surface area contributed by atoms with E-state index < -0.39 is 18.0 Å². The van der Waals surface area contributed by atoms with Crippen molar-refractivity contribution in [3.8, 4) is 6.07 Å². The molecule has 0 atom stereocenters. The van der Waals surface area contributed by atoms with Crippen molar-refractivity contribution in [1.82, 2.24) is 4.98 Å². The Morgan fingerprint density at radius 2 is 2.27 bits per heavy atom. The van der Waals surface area contributed by atoms with Crippen LogP contribution in [0.5, 0.6) is 0 Å². The molecule has 2 N–H and O–H groups in total. The molecule has 0 bridgehead atoms. The fourth-order valence-corrected chi connectivity index (χ4v) is 1.18. The second kappa shape index (κ2) is 4.00. The Morgan fingerprint density at radius 3 is 2.67 bits per heavy atom. The van der Waals surface area contributed by atoms with Gasteiger partial charge in [-0.3, -0.25) is 9.78 Å². The minimum absolute atomic E-state index is 0.0104. The first-order valence-electron chi connectivity index (χ1n) is 3.96. The number of nitriles is 1. The summed E-state index contributed by atoms with van der Waals surface area (Å²) in [7, 11) is 0. The topological polar surface area (TPSA) is 79.8 Å². The van der Waals surface area contributed by atoms with Crippen LogP contribution in [-0.2, 0) is 0 Å². The van der Waals surface area contributed by atoms with Gasteiger partial charge in [0.2, 0.25) is 0 Å². The van der Waals surface area contributed by atoms with Gasteiger partial charge >= 0.3 is 0 Å². The van der Waals surface area contributed by atoms with Gasteiger partial charge < -0.3 is 5.73 Å². The van der Waals surface area contributed by atoms with Gasteiger partial charge in [0.15, 0.2) is 0 Å². The highest BCUT2D eigenvalue weighted by Gasteiger charge is 2.19. The van der Waals surface area contributed by atoms with E-state index in [1.165, 1.54) is 6.92 Å². The molecule has 0 aliphatic carbocycles. The first-order valence-corrected chi connectivity index (χ1v) is 3.96. The zero-order valence-corrected chi connectivity index (χ0v) is 7.79. The van der Waals surface area contributed by atoms with E-state index in [1.54, 1.807) is 6.07 Å². The van der Waals surface area contributed by atoms with Crippen molar-refractivity contribution in [2.24, 2.45) is 5.73 Å². The lowest BCUT2D eigenvalue weighted by molar-refractivity contribution is 0.0998. The maximum Gasteiger partial charge on any atom is 0.280 e. The van der Waals surface area contributed by atoms with Gasteiger partial charge in [-0.15, -0.1) is 0 Å². The lowest BCUT2D eigenvalue weighted by Gasteiger charge is -2.07. The Kier molecular flexibility index (Phi) is 2.95. The second-order valence-corrected chi connectivity index (χ2v) is 2.83. The number of hydrogen-bond acceptors (Lipinski definition) is 3. The fraction of sp³-hybridized carbons (Fsp3) is 0.222. The van der Waals surface area contributed by atoms with E-state index in [0.717, 1.165) is 6.20 Å². The Hall–Kier alpha value is -2.03. The Balaban J connectivity index is 3.48. The number of rotatable bonds is 2. The van der Waals surface area contributed by atoms with Crippen molar-refractivity contribution in [1.29, 1.82) is 5.26 Å². The number of amides is 1. The monoisotopic (exact) mass is 211 g/mol. The summed E-state index contributed by atoms with van der Waals surface area (Å²) in [6.07, 6.45) is -1.88. The molecular weight excluding hydrogens is 204 g/mol. The summed E-state index contributed by atoms with van der Waals surface area (Å²) in [6, 6.07) is 1.67. The molecule has 78 valence electrons. The number of nitrogens with two attached hydrogens (primary N) is 1. The molecule has 1 amide bonds. The van der Waals surface area contributed by atoms with Crippen LogP contribution in [0.3, 0.4) is 0 Å². The SMILES string of the molecule is Cc1c(C(F)F)ncc(C(N)=O)c1C#N. The normalized spacial score (nSPS) is 10.1. The quantitative estimate of drug-likeness (QED) is 0.800. The highest BCUT2D eigenvalue weighted by molar-refractivity contribution is 5.95.